The molecule has 0 aliphatic carbocycles. The fraction of sp³-hybridized carbons (Fsp3) is 0.333. The second-order valence-electron chi connectivity index (χ2n) is 4.10. The van der Waals surface area contributed by atoms with Gasteiger partial charge in [0.05, 0.1) is 7.05 Å². The maximum Gasteiger partial charge on any atom is 0.437 e. The molecule has 0 aromatic carbocycles. The van der Waals surface area contributed by atoms with Crippen LogP contribution in [0.2, 0.25) is 0 Å². The maximum atomic E-state index is 12.0. The summed E-state index contributed by atoms with van der Waals surface area (Å²) < 4.78 is 2.51. The molecule has 2 heterocycles. The van der Waals surface area contributed by atoms with E-state index in [0.29, 0.717) is 0 Å². The van der Waals surface area contributed by atoms with Crippen molar-refractivity contribution in [3.8, 4) is 0 Å². The Balaban J connectivity index is 3.03. The van der Waals surface area contributed by atoms with E-state index in [2.05, 4.69) is 4.98 Å². The number of nitro groups is 1. The summed E-state index contributed by atoms with van der Waals surface area (Å²) in [5, 5.41) is 10.8. The first-order valence-electron chi connectivity index (χ1n) is 5.34. The smallest absolute Gasteiger partial charge is 0.390 e. The largest absolute Gasteiger partial charge is 0.437 e. The SMILES string of the molecule is Cn1c(=O)c2c(nc([N+](=O)[O-])n2C)n(CC(N)=O)c1=O. The van der Waals surface area contributed by atoms with Crippen molar-refractivity contribution in [3.05, 3.63) is 31.0 Å². The molecule has 2 rings (SSSR count). The van der Waals surface area contributed by atoms with Gasteiger partial charge in [-0.3, -0.25) is 18.7 Å². The topological polar surface area (TPSA) is 148 Å². The number of imidazole rings is 1. The van der Waals surface area contributed by atoms with E-state index >= 15 is 0 Å². The van der Waals surface area contributed by atoms with Crippen LogP contribution in [-0.2, 0) is 25.4 Å². The van der Waals surface area contributed by atoms with Gasteiger partial charge in [0.2, 0.25) is 11.4 Å². The molecule has 0 spiro atoms. The van der Waals surface area contributed by atoms with E-state index < -0.39 is 34.6 Å². The lowest BCUT2D eigenvalue weighted by Gasteiger charge is -2.04. The summed E-state index contributed by atoms with van der Waals surface area (Å²) in [4.78, 5) is 48.6. The van der Waals surface area contributed by atoms with Crippen molar-refractivity contribution in [1.82, 2.24) is 18.7 Å². The highest BCUT2D eigenvalue weighted by Gasteiger charge is 2.27. The van der Waals surface area contributed by atoms with Gasteiger partial charge in [-0.1, -0.05) is 0 Å². The van der Waals surface area contributed by atoms with Gasteiger partial charge in [-0.15, -0.1) is 0 Å². The number of nitrogens with two attached hydrogens (primary N) is 1. The minimum Gasteiger partial charge on any atom is -0.390 e. The number of rotatable bonds is 3. The van der Waals surface area contributed by atoms with E-state index in [-0.39, 0.29) is 11.2 Å². The van der Waals surface area contributed by atoms with Crippen LogP contribution >= 0.6 is 0 Å². The zero-order valence-corrected chi connectivity index (χ0v) is 10.6. The Morgan fingerprint density at radius 3 is 2.45 bits per heavy atom. The van der Waals surface area contributed by atoms with Gasteiger partial charge in [-0.2, -0.15) is 0 Å². The number of carbonyl (C=O) groups excluding carboxylic acids is 1. The van der Waals surface area contributed by atoms with Gasteiger partial charge in [0.15, 0.2) is 0 Å². The second-order valence-corrected chi connectivity index (χ2v) is 4.10. The van der Waals surface area contributed by atoms with Gasteiger partial charge >= 0.3 is 11.6 Å². The van der Waals surface area contributed by atoms with Gasteiger partial charge in [-0.25, -0.2) is 9.36 Å². The van der Waals surface area contributed by atoms with Crippen molar-refractivity contribution in [1.29, 1.82) is 0 Å². The van der Waals surface area contributed by atoms with Crippen LogP contribution in [0.25, 0.3) is 11.2 Å². The average molecular weight is 282 g/mol. The van der Waals surface area contributed by atoms with Crippen LogP contribution in [0.3, 0.4) is 0 Å². The molecule has 2 N–H and O–H groups in total. The number of amides is 1. The van der Waals surface area contributed by atoms with E-state index in [9.17, 15) is 24.5 Å². The third-order valence-corrected chi connectivity index (χ3v) is 2.81. The highest BCUT2D eigenvalue weighted by molar-refractivity contribution is 5.77. The lowest BCUT2D eigenvalue weighted by molar-refractivity contribution is -0.396. The molecule has 0 radical (unpaired) electrons. The van der Waals surface area contributed by atoms with Crippen LogP contribution in [0, 0.1) is 10.1 Å². The molecule has 0 bridgehead atoms. The van der Waals surface area contributed by atoms with Crippen molar-refractivity contribution in [2.75, 3.05) is 0 Å². The normalized spacial score (nSPS) is 10.9. The van der Waals surface area contributed by atoms with Crippen molar-refractivity contribution in [2.45, 2.75) is 6.54 Å². The monoisotopic (exact) mass is 282 g/mol. The van der Waals surface area contributed by atoms with E-state index in [4.69, 9.17) is 5.73 Å². The van der Waals surface area contributed by atoms with Crippen LogP contribution in [0.1, 0.15) is 0 Å². The Labute approximate surface area is 110 Å². The Morgan fingerprint density at radius 2 is 1.95 bits per heavy atom. The molecule has 0 aliphatic rings. The molecular weight excluding hydrogens is 272 g/mol. The predicted molar refractivity (Wildman–Crippen MR) is 66.1 cm³/mol. The summed E-state index contributed by atoms with van der Waals surface area (Å²) >= 11 is 0. The minimum atomic E-state index is -0.833. The molecule has 0 atom stereocenters. The molecule has 2 aromatic heterocycles. The van der Waals surface area contributed by atoms with Gasteiger partial charge in [0.25, 0.3) is 11.2 Å². The zero-order valence-electron chi connectivity index (χ0n) is 10.6. The van der Waals surface area contributed by atoms with Crippen LogP contribution in [0.5, 0.6) is 0 Å². The summed E-state index contributed by atoms with van der Waals surface area (Å²) in [5.41, 5.74) is 3.06. The van der Waals surface area contributed by atoms with Crippen LogP contribution < -0.4 is 17.0 Å². The Morgan fingerprint density at radius 1 is 1.35 bits per heavy atom. The molecule has 11 heteroatoms. The van der Waals surface area contributed by atoms with Gasteiger partial charge in [0.1, 0.15) is 6.54 Å². The summed E-state index contributed by atoms with van der Waals surface area (Å²) in [7, 11) is 2.47. The van der Waals surface area contributed by atoms with Crippen molar-refractivity contribution in [2.24, 2.45) is 19.8 Å². The Kier molecular flexibility index (Phi) is 2.89. The van der Waals surface area contributed by atoms with Gasteiger partial charge in [-0.05, 0) is 9.91 Å². The zero-order chi connectivity index (χ0) is 15.2. The van der Waals surface area contributed by atoms with Crippen LogP contribution in [0.15, 0.2) is 9.59 Å². The first-order chi connectivity index (χ1) is 9.25. The lowest BCUT2D eigenvalue weighted by Crippen LogP contribution is -2.40. The summed E-state index contributed by atoms with van der Waals surface area (Å²) in [6.45, 7) is -0.530. The molecule has 0 aliphatic heterocycles. The Hall–Kier alpha value is -2.98. The quantitative estimate of drug-likeness (QED) is 0.500. The number of carbonyl (C=O) groups is 1. The fourth-order valence-electron chi connectivity index (χ4n) is 1.88. The molecule has 106 valence electrons. The summed E-state index contributed by atoms with van der Waals surface area (Å²) in [6.07, 6.45) is 0. The molecule has 0 saturated heterocycles. The average Bonchev–Trinajstić information content (AvgIpc) is 2.69. The Bertz CT molecular complexity index is 856. The highest BCUT2D eigenvalue weighted by Crippen LogP contribution is 2.15. The van der Waals surface area contributed by atoms with E-state index in [0.717, 1.165) is 13.7 Å². The number of nitrogens with zero attached hydrogens (tertiary/aromatic N) is 5. The fourth-order valence-corrected chi connectivity index (χ4v) is 1.88. The molecule has 1 amide bonds. The van der Waals surface area contributed by atoms with E-state index in [1.54, 1.807) is 0 Å². The third-order valence-electron chi connectivity index (χ3n) is 2.81. The van der Waals surface area contributed by atoms with Gasteiger partial charge in [0, 0.05) is 7.05 Å². The second kappa shape index (κ2) is 4.29. The summed E-state index contributed by atoms with van der Waals surface area (Å²) in [6, 6.07) is 0. The van der Waals surface area contributed by atoms with Crippen molar-refractivity contribution >= 4 is 23.0 Å². The predicted octanol–water partition coefficient (Wildman–Crippen LogP) is -2.17. The number of aromatic nitrogens is 4. The van der Waals surface area contributed by atoms with Gasteiger partial charge < -0.3 is 15.8 Å². The van der Waals surface area contributed by atoms with Crippen LogP contribution in [-0.4, -0.2) is 29.5 Å². The first-order valence-corrected chi connectivity index (χ1v) is 5.34. The third kappa shape index (κ3) is 1.75. The molecule has 0 unspecified atom stereocenters. The van der Waals surface area contributed by atoms with Crippen LogP contribution in [0.4, 0.5) is 5.95 Å². The first kappa shape index (κ1) is 13.5. The molecule has 20 heavy (non-hydrogen) atoms. The maximum absolute atomic E-state index is 12.0. The molecule has 2 aromatic rings. The van der Waals surface area contributed by atoms with E-state index in [1.165, 1.54) is 14.1 Å². The number of primary amides is 1. The lowest BCUT2D eigenvalue weighted by atomic mass is 10.4. The van der Waals surface area contributed by atoms with E-state index in [1.807, 2.05) is 0 Å². The molecule has 0 saturated carbocycles. The number of aryl methyl sites for hydroxylation is 1. The number of fused-ring (bicyclic) bond motifs is 1. The molecular formula is C9H10N6O5. The summed E-state index contributed by atoms with van der Waals surface area (Å²) in [5.74, 6) is -1.44. The number of hydrogen-bond donors (Lipinski definition) is 1. The molecule has 11 nitrogen and oxygen atoms in total. The molecule has 0 fully saturated rings. The standard InChI is InChI=1S/C9H10N6O5/c1-12-5-6(11-8(12)15(19)20)14(3-4(10)16)9(18)13(2)7(5)17/h3H2,1-2H3,(H2,10,16). The minimum absolute atomic E-state index is 0.153. The van der Waals surface area contributed by atoms with Crippen molar-refractivity contribution < 1.29 is 9.72 Å². The van der Waals surface area contributed by atoms with Crippen molar-refractivity contribution in [3.63, 3.8) is 0 Å². The number of hydrogen-bond acceptors (Lipinski definition) is 6. The highest BCUT2D eigenvalue weighted by atomic mass is 16.6.